The van der Waals surface area contributed by atoms with Crippen LogP contribution in [0.3, 0.4) is 0 Å². The first-order valence-corrected chi connectivity index (χ1v) is 7.25. The van der Waals surface area contributed by atoms with E-state index in [1.807, 2.05) is 0 Å². The first-order chi connectivity index (χ1) is 11.2. The predicted molar refractivity (Wildman–Crippen MR) is 82.2 cm³/mol. The van der Waals surface area contributed by atoms with E-state index in [9.17, 15) is 17.6 Å². The highest BCUT2D eigenvalue weighted by Gasteiger charge is 2.35. The van der Waals surface area contributed by atoms with Gasteiger partial charge in [0.15, 0.2) is 0 Å². The van der Waals surface area contributed by atoms with Gasteiger partial charge in [-0.25, -0.2) is 9.37 Å². The van der Waals surface area contributed by atoms with Crippen LogP contribution in [-0.2, 0) is 6.18 Å². The fourth-order valence-electron chi connectivity index (χ4n) is 2.40. The van der Waals surface area contributed by atoms with Crippen LogP contribution in [0.4, 0.5) is 17.6 Å². The van der Waals surface area contributed by atoms with Crippen LogP contribution >= 0.6 is 23.2 Å². The van der Waals surface area contributed by atoms with Crippen molar-refractivity contribution in [1.82, 2.24) is 9.38 Å². The number of hydrogen-bond donors (Lipinski definition) is 0. The summed E-state index contributed by atoms with van der Waals surface area (Å²) in [4.78, 5) is 3.89. The lowest BCUT2D eigenvalue weighted by Gasteiger charge is -2.15. The zero-order valence-electron chi connectivity index (χ0n) is 12.0. The third-order valence-corrected chi connectivity index (χ3v) is 4.02. The molecule has 0 aliphatic heterocycles. The fourth-order valence-corrected chi connectivity index (χ4v) is 2.91. The van der Waals surface area contributed by atoms with Gasteiger partial charge in [0.25, 0.3) is 0 Å². The molecule has 126 valence electrons. The first-order valence-electron chi connectivity index (χ1n) is 6.50. The molecule has 3 nitrogen and oxygen atoms in total. The van der Waals surface area contributed by atoms with E-state index in [0.29, 0.717) is 0 Å². The van der Waals surface area contributed by atoms with E-state index in [1.165, 1.54) is 19.4 Å². The summed E-state index contributed by atoms with van der Waals surface area (Å²) in [6, 6.07) is 3.00. The van der Waals surface area contributed by atoms with Crippen molar-refractivity contribution in [2.75, 3.05) is 7.11 Å². The van der Waals surface area contributed by atoms with Gasteiger partial charge in [0.2, 0.25) is 0 Å². The molecule has 3 aromatic rings. The Morgan fingerprint density at radius 2 is 1.83 bits per heavy atom. The number of fused-ring (bicyclic) bond motifs is 1. The van der Waals surface area contributed by atoms with Crippen LogP contribution in [0.15, 0.2) is 30.6 Å². The van der Waals surface area contributed by atoms with Gasteiger partial charge in [-0.15, -0.1) is 0 Å². The number of methoxy groups -OCH3 is 1. The van der Waals surface area contributed by atoms with Crippen molar-refractivity contribution in [3.63, 3.8) is 0 Å². The molecule has 2 aromatic heterocycles. The monoisotopic (exact) mass is 378 g/mol. The molecule has 9 heteroatoms. The molecule has 0 bridgehead atoms. The highest BCUT2D eigenvalue weighted by atomic mass is 35.5. The highest BCUT2D eigenvalue weighted by molar-refractivity contribution is 6.34. The number of halogens is 6. The zero-order valence-corrected chi connectivity index (χ0v) is 13.5. The maximum atomic E-state index is 14.3. The average Bonchev–Trinajstić information content (AvgIpc) is 2.95. The van der Waals surface area contributed by atoms with Gasteiger partial charge in [-0.2, -0.15) is 13.2 Å². The van der Waals surface area contributed by atoms with Crippen molar-refractivity contribution in [1.29, 1.82) is 0 Å². The maximum Gasteiger partial charge on any atom is 0.431 e. The maximum absolute atomic E-state index is 14.3. The van der Waals surface area contributed by atoms with E-state index in [2.05, 4.69) is 4.98 Å². The quantitative estimate of drug-likeness (QED) is 0.552. The van der Waals surface area contributed by atoms with E-state index < -0.39 is 17.7 Å². The average molecular weight is 379 g/mol. The van der Waals surface area contributed by atoms with Crippen molar-refractivity contribution in [3.05, 3.63) is 52.1 Å². The van der Waals surface area contributed by atoms with Crippen LogP contribution in [0.1, 0.15) is 5.69 Å². The Balaban J connectivity index is 2.37. The number of hydrogen-bond acceptors (Lipinski definition) is 2. The third-order valence-electron chi connectivity index (χ3n) is 3.43. The number of ether oxygens (including phenoxy) is 1. The second-order valence-corrected chi connectivity index (χ2v) is 5.65. The van der Waals surface area contributed by atoms with Gasteiger partial charge in [0, 0.05) is 23.5 Å². The largest absolute Gasteiger partial charge is 0.495 e. The molecule has 0 fully saturated rings. The van der Waals surface area contributed by atoms with Crippen LogP contribution in [0.25, 0.3) is 16.8 Å². The summed E-state index contributed by atoms with van der Waals surface area (Å²) >= 11 is 11.9. The fraction of sp³-hybridized carbons (Fsp3) is 0.133. The normalized spacial score (nSPS) is 12.0. The van der Waals surface area contributed by atoms with Crippen LogP contribution in [0.5, 0.6) is 5.75 Å². The number of rotatable bonds is 2. The SMILES string of the molecule is COc1cc(-c2c(Cl)cc(C(F)(F)F)n3ccnc23)c(F)cc1Cl. The lowest BCUT2D eigenvalue weighted by Crippen LogP contribution is -2.12. The van der Waals surface area contributed by atoms with Gasteiger partial charge >= 0.3 is 6.18 Å². The van der Waals surface area contributed by atoms with Crippen LogP contribution in [0.2, 0.25) is 10.0 Å². The topological polar surface area (TPSA) is 26.5 Å². The summed E-state index contributed by atoms with van der Waals surface area (Å²) in [5.74, 6) is -0.596. The Morgan fingerprint density at radius 3 is 2.46 bits per heavy atom. The Kier molecular flexibility index (Phi) is 4.09. The molecule has 0 aliphatic rings. The number of imidazole rings is 1. The minimum atomic E-state index is -4.64. The second kappa shape index (κ2) is 5.82. The molecule has 0 N–H and O–H groups in total. The zero-order chi connectivity index (χ0) is 17.6. The Morgan fingerprint density at radius 1 is 1.12 bits per heavy atom. The lowest BCUT2D eigenvalue weighted by atomic mass is 10.0. The molecule has 0 radical (unpaired) electrons. The number of nitrogens with zero attached hydrogens (tertiary/aromatic N) is 2. The Labute approximate surface area is 143 Å². The van der Waals surface area contributed by atoms with Crippen molar-refractivity contribution in [2.45, 2.75) is 6.18 Å². The number of benzene rings is 1. The molecule has 0 atom stereocenters. The van der Waals surface area contributed by atoms with Crippen molar-refractivity contribution in [2.24, 2.45) is 0 Å². The smallest absolute Gasteiger partial charge is 0.431 e. The van der Waals surface area contributed by atoms with E-state index in [-0.39, 0.29) is 32.6 Å². The van der Waals surface area contributed by atoms with Crippen LogP contribution in [0, 0.1) is 5.82 Å². The van der Waals surface area contributed by atoms with Crippen molar-refractivity contribution >= 4 is 28.8 Å². The number of alkyl halides is 3. The second-order valence-electron chi connectivity index (χ2n) is 4.84. The Hall–Kier alpha value is -1.99. The van der Waals surface area contributed by atoms with Gasteiger partial charge in [-0.1, -0.05) is 23.2 Å². The molecule has 2 heterocycles. The molecule has 0 unspecified atom stereocenters. The van der Waals surface area contributed by atoms with E-state index in [0.717, 1.165) is 22.7 Å². The summed E-state index contributed by atoms with van der Waals surface area (Å²) < 4.78 is 59.6. The predicted octanol–water partition coefficient (Wildman–Crippen LogP) is 5.47. The molecule has 1 aromatic carbocycles. The van der Waals surface area contributed by atoms with Crippen molar-refractivity contribution in [3.8, 4) is 16.9 Å². The standard InChI is InChI=1S/C15H8Cl2F4N2O/c1-24-11-4-7(10(18)5-8(11)16)13-9(17)6-12(15(19,20)21)23-3-2-22-14(13)23/h2-6H,1H3. The van der Waals surface area contributed by atoms with E-state index in [1.54, 1.807) is 0 Å². The molecule has 0 saturated heterocycles. The van der Waals surface area contributed by atoms with Crippen LogP contribution < -0.4 is 4.74 Å². The number of aromatic nitrogens is 2. The highest BCUT2D eigenvalue weighted by Crippen LogP contribution is 2.41. The summed E-state index contributed by atoms with van der Waals surface area (Å²) in [7, 11) is 1.34. The third kappa shape index (κ3) is 2.67. The molecule has 0 saturated carbocycles. The summed E-state index contributed by atoms with van der Waals surface area (Å²) in [6.45, 7) is 0. The Bertz CT molecular complexity index is 937. The molecular formula is C15H8Cl2F4N2O. The summed E-state index contributed by atoms with van der Waals surface area (Å²) in [5, 5.41) is -0.259. The molecule has 0 aliphatic carbocycles. The molecule has 3 rings (SSSR count). The van der Waals surface area contributed by atoms with Crippen molar-refractivity contribution < 1.29 is 22.3 Å². The van der Waals surface area contributed by atoms with Gasteiger partial charge in [-0.05, 0) is 18.2 Å². The van der Waals surface area contributed by atoms with E-state index in [4.69, 9.17) is 27.9 Å². The minimum Gasteiger partial charge on any atom is -0.495 e. The first kappa shape index (κ1) is 16.9. The van der Waals surface area contributed by atoms with Gasteiger partial charge < -0.3 is 4.74 Å². The molecule has 24 heavy (non-hydrogen) atoms. The van der Waals surface area contributed by atoms with Crippen LogP contribution in [-0.4, -0.2) is 16.5 Å². The van der Waals surface area contributed by atoms with Gasteiger partial charge in [-0.3, -0.25) is 4.40 Å². The molecular weight excluding hydrogens is 371 g/mol. The molecule has 0 amide bonds. The van der Waals surface area contributed by atoms with Gasteiger partial charge in [0.1, 0.15) is 22.9 Å². The lowest BCUT2D eigenvalue weighted by molar-refractivity contribution is -0.142. The summed E-state index contributed by atoms with van der Waals surface area (Å²) in [5.41, 5.74) is -1.18. The molecule has 0 spiro atoms. The number of pyridine rings is 1. The summed E-state index contributed by atoms with van der Waals surface area (Å²) in [6.07, 6.45) is -2.34. The minimum absolute atomic E-state index is 0.0159. The van der Waals surface area contributed by atoms with E-state index >= 15 is 0 Å². The van der Waals surface area contributed by atoms with Gasteiger partial charge in [0.05, 0.1) is 17.2 Å².